The molecule has 0 aliphatic rings. The third-order valence-corrected chi connectivity index (χ3v) is 0.710. The van der Waals surface area contributed by atoms with E-state index in [4.69, 9.17) is 14.7 Å². The summed E-state index contributed by atoms with van der Waals surface area (Å²) < 4.78 is 4.87. The molecule has 0 aromatic heterocycles. The maximum Gasteiger partial charge on any atom is 0.0915 e. The van der Waals surface area contributed by atoms with Gasteiger partial charge in [0.05, 0.1) is 26.4 Å². The summed E-state index contributed by atoms with van der Waals surface area (Å²) in [4.78, 5) is 4.72. The van der Waals surface area contributed by atoms with E-state index in [2.05, 4.69) is 5.48 Å². The first-order valence-corrected chi connectivity index (χ1v) is 2.89. The number of hydrogen-bond donors (Lipinski definition) is 2. The van der Waals surface area contributed by atoms with Gasteiger partial charge in [-0.2, -0.15) is 0 Å². The molecule has 0 aliphatic carbocycles. The summed E-state index contributed by atoms with van der Waals surface area (Å²) in [5, 5.41) is 8.24. The fraction of sp³-hybridized carbons (Fsp3) is 1.00. The Kier molecular flexibility index (Phi) is 7.70. The van der Waals surface area contributed by atoms with E-state index in [9.17, 15) is 0 Å². The van der Waals surface area contributed by atoms with Crippen molar-refractivity contribution in [1.29, 1.82) is 0 Å². The molecule has 0 rings (SSSR count). The molecule has 0 atom stereocenters. The lowest BCUT2D eigenvalue weighted by molar-refractivity contribution is -0.00182. The SMILES string of the molecule is CNOCCOCCO. The van der Waals surface area contributed by atoms with Crippen LogP contribution in [0.4, 0.5) is 0 Å². The molecule has 0 saturated carbocycles. The molecule has 0 aliphatic heterocycles. The number of nitrogens with one attached hydrogen (secondary N) is 1. The van der Waals surface area contributed by atoms with Crippen LogP contribution in [-0.4, -0.2) is 38.6 Å². The molecule has 0 radical (unpaired) electrons. The Balaban J connectivity index is 2.60. The standard InChI is InChI=1S/C5H13NO3/c1-6-9-5-4-8-3-2-7/h6-7H,2-5H2,1H3. The first-order valence-electron chi connectivity index (χ1n) is 2.89. The second-order valence-electron chi connectivity index (χ2n) is 1.39. The van der Waals surface area contributed by atoms with Crippen LogP contribution in [0.2, 0.25) is 0 Å². The number of ether oxygens (including phenoxy) is 1. The Morgan fingerprint density at radius 2 is 2.11 bits per heavy atom. The van der Waals surface area contributed by atoms with Crippen molar-refractivity contribution in [3.05, 3.63) is 0 Å². The summed E-state index contributed by atoms with van der Waals surface area (Å²) in [7, 11) is 1.69. The Morgan fingerprint density at radius 3 is 2.67 bits per heavy atom. The van der Waals surface area contributed by atoms with Gasteiger partial charge in [-0.3, -0.25) is 4.84 Å². The van der Waals surface area contributed by atoms with Gasteiger partial charge >= 0.3 is 0 Å². The molecule has 0 saturated heterocycles. The highest BCUT2D eigenvalue weighted by molar-refractivity contribution is 4.26. The summed E-state index contributed by atoms with van der Waals surface area (Å²) in [5.41, 5.74) is 2.50. The van der Waals surface area contributed by atoms with Crippen LogP contribution in [0.5, 0.6) is 0 Å². The molecule has 0 amide bonds. The molecule has 0 bridgehead atoms. The first-order chi connectivity index (χ1) is 4.41. The molecule has 9 heavy (non-hydrogen) atoms. The average molecular weight is 135 g/mol. The molecular formula is C5H13NO3. The quantitative estimate of drug-likeness (QED) is 0.368. The monoisotopic (exact) mass is 135 g/mol. The minimum atomic E-state index is 0.0690. The summed E-state index contributed by atoms with van der Waals surface area (Å²) in [6, 6.07) is 0. The van der Waals surface area contributed by atoms with Gasteiger partial charge in [-0.25, -0.2) is 5.48 Å². The average Bonchev–Trinajstić information content (AvgIpc) is 1.89. The molecule has 0 fully saturated rings. The van der Waals surface area contributed by atoms with Gasteiger partial charge in [-0.1, -0.05) is 0 Å². The Bertz CT molecular complexity index is 45.5. The van der Waals surface area contributed by atoms with Crippen molar-refractivity contribution in [3.63, 3.8) is 0 Å². The number of aliphatic hydroxyl groups excluding tert-OH is 1. The van der Waals surface area contributed by atoms with Crippen LogP contribution in [0.15, 0.2) is 0 Å². The van der Waals surface area contributed by atoms with Crippen LogP contribution in [-0.2, 0) is 9.57 Å². The first kappa shape index (κ1) is 8.84. The van der Waals surface area contributed by atoms with E-state index in [1.54, 1.807) is 7.05 Å². The summed E-state index contributed by atoms with van der Waals surface area (Å²) >= 11 is 0. The van der Waals surface area contributed by atoms with Gasteiger partial charge in [-0.15, -0.1) is 0 Å². The van der Waals surface area contributed by atoms with Gasteiger partial charge in [0.25, 0.3) is 0 Å². The van der Waals surface area contributed by atoms with Crippen molar-refractivity contribution in [1.82, 2.24) is 5.48 Å². The molecule has 0 heterocycles. The van der Waals surface area contributed by atoms with Crippen LogP contribution in [0, 0.1) is 0 Å². The zero-order valence-corrected chi connectivity index (χ0v) is 5.59. The molecule has 0 aromatic carbocycles. The molecule has 0 spiro atoms. The zero-order valence-electron chi connectivity index (χ0n) is 5.59. The lowest BCUT2D eigenvalue weighted by Gasteiger charge is -2.00. The number of aliphatic hydroxyl groups is 1. The smallest absolute Gasteiger partial charge is 0.0915 e. The third-order valence-electron chi connectivity index (χ3n) is 0.710. The molecule has 0 aromatic rings. The van der Waals surface area contributed by atoms with E-state index < -0.39 is 0 Å². The second-order valence-corrected chi connectivity index (χ2v) is 1.39. The summed E-state index contributed by atoms with van der Waals surface area (Å²) in [6.45, 7) is 1.48. The second kappa shape index (κ2) is 7.84. The van der Waals surface area contributed by atoms with Gasteiger partial charge in [-0.05, 0) is 0 Å². The van der Waals surface area contributed by atoms with Gasteiger partial charge in [0.2, 0.25) is 0 Å². The molecular weight excluding hydrogens is 122 g/mol. The van der Waals surface area contributed by atoms with E-state index in [1.165, 1.54) is 0 Å². The molecule has 2 N–H and O–H groups in total. The van der Waals surface area contributed by atoms with E-state index in [-0.39, 0.29) is 6.61 Å². The van der Waals surface area contributed by atoms with Crippen LogP contribution in [0.1, 0.15) is 0 Å². The van der Waals surface area contributed by atoms with E-state index in [0.717, 1.165) is 0 Å². The molecule has 4 heteroatoms. The van der Waals surface area contributed by atoms with Crippen LogP contribution in [0.3, 0.4) is 0 Å². The molecule has 56 valence electrons. The maximum absolute atomic E-state index is 8.24. The number of hydrogen-bond acceptors (Lipinski definition) is 4. The van der Waals surface area contributed by atoms with Gasteiger partial charge in [0.1, 0.15) is 0 Å². The van der Waals surface area contributed by atoms with Crippen molar-refractivity contribution in [2.45, 2.75) is 0 Å². The Morgan fingerprint density at radius 1 is 1.33 bits per heavy atom. The fourth-order valence-corrected chi connectivity index (χ4v) is 0.369. The lowest BCUT2D eigenvalue weighted by atomic mass is 10.7. The minimum Gasteiger partial charge on any atom is -0.394 e. The van der Waals surface area contributed by atoms with E-state index in [1.807, 2.05) is 0 Å². The highest BCUT2D eigenvalue weighted by atomic mass is 16.7. The highest BCUT2D eigenvalue weighted by Crippen LogP contribution is 1.72. The topological polar surface area (TPSA) is 50.7 Å². The van der Waals surface area contributed by atoms with Crippen molar-refractivity contribution in [2.75, 3.05) is 33.5 Å². The van der Waals surface area contributed by atoms with Crippen molar-refractivity contribution >= 4 is 0 Å². The predicted octanol–water partition coefficient (Wildman–Crippen LogP) is -0.854. The normalized spacial score (nSPS) is 10.0. The highest BCUT2D eigenvalue weighted by Gasteiger charge is 1.84. The largest absolute Gasteiger partial charge is 0.394 e. The number of hydroxylamine groups is 1. The van der Waals surface area contributed by atoms with Crippen LogP contribution < -0.4 is 5.48 Å². The molecule has 0 unspecified atom stereocenters. The fourth-order valence-electron chi connectivity index (χ4n) is 0.369. The molecule has 4 nitrogen and oxygen atoms in total. The van der Waals surface area contributed by atoms with Crippen LogP contribution in [0.25, 0.3) is 0 Å². The number of rotatable bonds is 6. The van der Waals surface area contributed by atoms with Crippen LogP contribution >= 0.6 is 0 Å². The van der Waals surface area contributed by atoms with Crippen molar-refractivity contribution in [2.24, 2.45) is 0 Å². The van der Waals surface area contributed by atoms with Crippen molar-refractivity contribution in [3.8, 4) is 0 Å². The van der Waals surface area contributed by atoms with Gasteiger partial charge in [0, 0.05) is 7.05 Å². The zero-order chi connectivity index (χ0) is 6.95. The van der Waals surface area contributed by atoms with Gasteiger partial charge < -0.3 is 9.84 Å². The summed E-state index contributed by atoms with van der Waals surface area (Å²) in [6.07, 6.45) is 0. The third kappa shape index (κ3) is 7.84. The predicted molar refractivity (Wildman–Crippen MR) is 32.9 cm³/mol. The maximum atomic E-state index is 8.24. The minimum absolute atomic E-state index is 0.0690. The van der Waals surface area contributed by atoms with Gasteiger partial charge in [0.15, 0.2) is 0 Å². The summed E-state index contributed by atoms with van der Waals surface area (Å²) in [5.74, 6) is 0. The Labute approximate surface area is 54.7 Å². The van der Waals surface area contributed by atoms with Crippen molar-refractivity contribution < 1.29 is 14.7 Å². The van der Waals surface area contributed by atoms with E-state index in [0.29, 0.717) is 19.8 Å². The van der Waals surface area contributed by atoms with E-state index >= 15 is 0 Å². The Hall–Kier alpha value is -0.160. The lowest BCUT2D eigenvalue weighted by Crippen LogP contribution is -2.13.